The first-order valence-electron chi connectivity index (χ1n) is 5.41. The number of carboxylic acids is 1. The number of carbonyl (C=O) groups is 2. The summed E-state index contributed by atoms with van der Waals surface area (Å²) in [6.45, 7) is 3.43. The second kappa shape index (κ2) is 5.73. The molecule has 0 saturated heterocycles. The molecular formula is C12H15ClN2O3. The Morgan fingerprint density at radius 2 is 2.00 bits per heavy atom. The first kappa shape index (κ1) is 14.3. The van der Waals surface area contributed by atoms with Crippen LogP contribution in [0, 0.1) is 5.92 Å². The summed E-state index contributed by atoms with van der Waals surface area (Å²) in [7, 11) is 0. The molecule has 1 amide bonds. The largest absolute Gasteiger partial charge is 0.480 e. The molecule has 0 spiro atoms. The van der Waals surface area contributed by atoms with Gasteiger partial charge in [-0.25, -0.2) is 4.79 Å². The summed E-state index contributed by atoms with van der Waals surface area (Å²) in [6, 6.07) is 3.47. The molecule has 0 aliphatic carbocycles. The van der Waals surface area contributed by atoms with Gasteiger partial charge >= 0.3 is 5.97 Å². The Balaban J connectivity index is 2.87. The summed E-state index contributed by atoms with van der Waals surface area (Å²) >= 11 is 5.80. The van der Waals surface area contributed by atoms with Crippen LogP contribution in [0.15, 0.2) is 18.2 Å². The summed E-state index contributed by atoms with van der Waals surface area (Å²) in [5, 5.41) is 11.7. The molecule has 0 unspecified atom stereocenters. The predicted octanol–water partition coefficient (Wildman–Crippen LogP) is 1.76. The van der Waals surface area contributed by atoms with E-state index in [0.29, 0.717) is 5.69 Å². The van der Waals surface area contributed by atoms with E-state index in [1.54, 1.807) is 13.8 Å². The molecule has 0 aromatic heterocycles. The molecule has 18 heavy (non-hydrogen) atoms. The maximum Gasteiger partial charge on any atom is 0.326 e. The van der Waals surface area contributed by atoms with E-state index < -0.39 is 17.9 Å². The molecule has 6 heteroatoms. The predicted molar refractivity (Wildman–Crippen MR) is 69.6 cm³/mol. The number of hydrogen-bond acceptors (Lipinski definition) is 3. The average Bonchev–Trinajstić information content (AvgIpc) is 2.28. The van der Waals surface area contributed by atoms with Gasteiger partial charge in [0.05, 0.1) is 10.7 Å². The van der Waals surface area contributed by atoms with Gasteiger partial charge in [-0.1, -0.05) is 25.4 Å². The number of benzene rings is 1. The van der Waals surface area contributed by atoms with Crippen LogP contribution in [0.1, 0.15) is 24.2 Å². The normalized spacial score (nSPS) is 12.2. The highest BCUT2D eigenvalue weighted by atomic mass is 35.5. The molecule has 0 aliphatic rings. The number of anilines is 1. The fourth-order valence-corrected chi connectivity index (χ4v) is 1.59. The molecule has 0 fully saturated rings. The number of amides is 1. The van der Waals surface area contributed by atoms with Gasteiger partial charge in [-0.2, -0.15) is 0 Å². The Labute approximate surface area is 110 Å². The smallest absolute Gasteiger partial charge is 0.326 e. The van der Waals surface area contributed by atoms with Crippen LogP contribution in [-0.2, 0) is 4.79 Å². The summed E-state index contributed by atoms with van der Waals surface area (Å²) in [5.74, 6) is -1.77. The van der Waals surface area contributed by atoms with Gasteiger partial charge in [-0.05, 0) is 24.1 Å². The van der Waals surface area contributed by atoms with Crippen molar-refractivity contribution in [3.63, 3.8) is 0 Å². The lowest BCUT2D eigenvalue weighted by molar-refractivity contribution is -0.140. The second-order valence-corrected chi connectivity index (χ2v) is 4.68. The highest BCUT2D eigenvalue weighted by Crippen LogP contribution is 2.19. The standard InChI is InChI=1S/C12H15ClN2O3/c1-6(2)10(12(17)18)15-11(16)7-3-4-9(14)8(13)5-7/h3-6,10H,14H2,1-2H3,(H,15,16)(H,17,18)/t10-/m1/s1. The number of nitrogen functional groups attached to an aromatic ring is 1. The Morgan fingerprint density at radius 1 is 1.39 bits per heavy atom. The van der Waals surface area contributed by atoms with E-state index in [1.807, 2.05) is 0 Å². The van der Waals surface area contributed by atoms with Crippen LogP contribution < -0.4 is 11.1 Å². The quantitative estimate of drug-likeness (QED) is 0.727. The van der Waals surface area contributed by atoms with Crippen LogP contribution in [0.4, 0.5) is 5.69 Å². The van der Waals surface area contributed by atoms with Crippen molar-refractivity contribution in [2.75, 3.05) is 5.73 Å². The molecule has 1 atom stereocenters. The maximum absolute atomic E-state index is 11.9. The molecule has 98 valence electrons. The maximum atomic E-state index is 11.9. The van der Waals surface area contributed by atoms with E-state index >= 15 is 0 Å². The Bertz CT molecular complexity index is 474. The summed E-state index contributed by atoms with van der Waals surface area (Å²) < 4.78 is 0. The highest BCUT2D eigenvalue weighted by molar-refractivity contribution is 6.33. The lowest BCUT2D eigenvalue weighted by Crippen LogP contribution is -2.44. The zero-order valence-electron chi connectivity index (χ0n) is 10.1. The lowest BCUT2D eigenvalue weighted by Gasteiger charge is -2.18. The number of carboxylic acid groups (broad SMARTS) is 1. The van der Waals surface area contributed by atoms with E-state index in [1.165, 1.54) is 18.2 Å². The SMILES string of the molecule is CC(C)[C@@H](NC(=O)c1ccc(N)c(Cl)c1)C(=O)O. The second-order valence-electron chi connectivity index (χ2n) is 4.27. The number of halogens is 1. The molecule has 1 aromatic rings. The third-order valence-corrected chi connectivity index (χ3v) is 2.81. The van der Waals surface area contributed by atoms with Gasteiger partial charge in [0, 0.05) is 5.56 Å². The summed E-state index contributed by atoms with van der Waals surface area (Å²) in [6.07, 6.45) is 0. The third-order valence-electron chi connectivity index (χ3n) is 2.48. The van der Waals surface area contributed by atoms with Crippen molar-refractivity contribution >= 4 is 29.2 Å². The van der Waals surface area contributed by atoms with Gasteiger partial charge in [0.2, 0.25) is 0 Å². The molecule has 0 saturated carbocycles. The third kappa shape index (κ3) is 3.37. The first-order valence-corrected chi connectivity index (χ1v) is 5.79. The fourth-order valence-electron chi connectivity index (χ4n) is 1.41. The lowest BCUT2D eigenvalue weighted by atomic mass is 10.0. The van der Waals surface area contributed by atoms with Gasteiger partial charge in [-0.15, -0.1) is 0 Å². The van der Waals surface area contributed by atoms with Gasteiger partial charge in [-0.3, -0.25) is 4.79 Å². The molecule has 4 N–H and O–H groups in total. The minimum atomic E-state index is -1.07. The number of carbonyl (C=O) groups excluding carboxylic acids is 1. The van der Waals surface area contributed by atoms with E-state index in [0.717, 1.165) is 0 Å². The summed E-state index contributed by atoms with van der Waals surface area (Å²) in [4.78, 5) is 22.8. The van der Waals surface area contributed by atoms with Gasteiger partial charge in [0.25, 0.3) is 5.91 Å². The van der Waals surface area contributed by atoms with Crippen molar-refractivity contribution < 1.29 is 14.7 Å². The van der Waals surface area contributed by atoms with Crippen molar-refractivity contribution in [2.24, 2.45) is 5.92 Å². The Morgan fingerprint density at radius 3 is 2.44 bits per heavy atom. The van der Waals surface area contributed by atoms with E-state index in [4.69, 9.17) is 22.4 Å². The van der Waals surface area contributed by atoms with Crippen molar-refractivity contribution in [3.05, 3.63) is 28.8 Å². The van der Waals surface area contributed by atoms with Crippen molar-refractivity contribution in [1.29, 1.82) is 0 Å². The number of nitrogens with one attached hydrogen (secondary N) is 1. The molecule has 1 rings (SSSR count). The van der Waals surface area contributed by atoms with Gasteiger partial charge < -0.3 is 16.2 Å². The number of nitrogens with two attached hydrogens (primary N) is 1. The molecule has 1 aromatic carbocycles. The Hall–Kier alpha value is -1.75. The number of aliphatic carboxylic acids is 1. The van der Waals surface area contributed by atoms with Gasteiger partial charge in [0.15, 0.2) is 0 Å². The van der Waals surface area contributed by atoms with Crippen LogP contribution in [0.2, 0.25) is 5.02 Å². The zero-order chi connectivity index (χ0) is 13.9. The van der Waals surface area contributed by atoms with Crippen molar-refractivity contribution in [3.8, 4) is 0 Å². The number of hydrogen-bond donors (Lipinski definition) is 3. The van der Waals surface area contributed by atoms with E-state index in [2.05, 4.69) is 5.32 Å². The molecular weight excluding hydrogens is 256 g/mol. The molecule has 0 aliphatic heterocycles. The number of rotatable bonds is 4. The first-order chi connectivity index (χ1) is 8.32. The minimum Gasteiger partial charge on any atom is -0.480 e. The fraction of sp³-hybridized carbons (Fsp3) is 0.333. The van der Waals surface area contributed by atoms with Crippen LogP contribution in [0.3, 0.4) is 0 Å². The topological polar surface area (TPSA) is 92.4 Å². The monoisotopic (exact) mass is 270 g/mol. The summed E-state index contributed by atoms with van der Waals surface area (Å²) in [5.41, 5.74) is 6.18. The average molecular weight is 271 g/mol. The van der Waals surface area contributed by atoms with E-state index in [-0.39, 0.29) is 16.5 Å². The highest BCUT2D eigenvalue weighted by Gasteiger charge is 2.24. The molecule has 0 bridgehead atoms. The van der Waals surface area contributed by atoms with E-state index in [9.17, 15) is 9.59 Å². The van der Waals surface area contributed by atoms with Crippen LogP contribution in [0.25, 0.3) is 0 Å². The molecule has 0 heterocycles. The zero-order valence-corrected chi connectivity index (χ0v) is 10.9. The van der Waals surface area contributed by atoms with Crippen LogP contribution >= 0.6 is 11.6 Å². The van der Waals surface area contributed by atoms with Crippen LogP contribution in [-0.4, -0.2) is 23.0 Å². The van der Waals surface area contributed by atoms with Crippen LogP contribution in [0.5, 0.6) is 0 Å². The molecule has 0 radical (unpaired) electrons. The van der Waals surface area contributed by atoms with Gasteiger partial charge in [0.1, 0.15) is 6.04 Å². The Kier molecular flexibility index (Phi) is 4.55. The van der Waals surface area contributed by atoms with Crippen molar-refractivity contribution in [1.82, 2.24) is 5.32 Å². The van der Waals surface area contributed by atoms with Crippen molar-refractivity contribution in [2.45, 2.75) is 19.9 Å². The minimum absolute atomic E-state index is 0.212. The molecule has 5 nitrogen and oxygen atoms in total.